The van der Waals surface area contributed by atoms with Crippen molar-refractivity contribution in [3.05, 3.63) is 98.4 Å². The first kappa shape index (κ1) is 28.4. The van der Waals surface area contributed by atoms with E-state index in [2.05, 4.69) is 20.8 Å². The Bertz CT molecular complexity index is 1760. The second-order valence-electron chi connectivity index (χ2n) is 11.1. The number of nitrogens with one attached hydrogen (secondary N) is 1. The third-order valence-electron chi connectivity index (χ3n) is 8.18. The summed E-state index contributed by atoms with van der Waals surface area (Å²) in [6, 6.07) is 17.9. The summed E-state index contributed by atoms with van der Waals surface area (Å²) in [6.45, 7) is 9.84. The molecule has 0 spiro atoms. The minimum absolute atomic E-state index is 0.0116. The first-order valence-corrected chi connectivity index (χ1v) is 15.1. The van der Waals surface area contributed by atoms with Crippen molar-refractivity contribution in [1.82, 2.24) is 14.8 Å². The van der Waals surface area contributed by atoms with Gasteiger partial charge in [0.1, 0.15) is 11.4 Å². The van der Waals surface area contributed by atoms with Crippen LogP contribution in [0.25, 0.3) is 22.0 Å². The lowest BCUT2D eigenvalue weighted by atomic mass is 9.98. The fourth-order valence-corrected chi connectivity index (χ4v) is 6.63. The number of aromatic amines is 1. The van der Waals surface area contributed by atoms with Gasteiger partial charge >= 0.3 is 0 Å². The number of nitrogens with zero attached hydrogens (tertiary/aromatic N) is 3. The number of aromatic nitrogens is 3. The molecule has 2 aromatic heterocycles. The molecule has 0 aliphatic carbocycles. The van der Waals surface area contributed by atoms with Crippen LogP contribution >= 0.6 is 23.2 Å². The second-order valence-corrected chi connectivity index (χ2v) is 11.9. The Morgan fingerprint density at radius 3 is 2.38 bits per heavy atom. The number of aryl methyl sites for hydroxylation is 6. The van der Waals surface area contributed by atoms with Gasteiger partial charge in [0.25, 0.3) is 5.91 Å². The molecule has 0 unspecified atom stereocenters. The lowest BCUT2D eigenvalue weighted by molar-refractivity contribution is 0.0982. The minimum atomic E-state index is 0.0116. The fourth-order valence-electron chi connectivity index (χ4n) is 6.27. The molecule has 1 aliphatic rings. The Morgan fingerprint density at radius 2 is 1.69 bits per heavy atom. The smallest absolute Gasteiger partial charge is 0.275 e. The number of carbonyl (C=O) groups excluding carboxylic acids is 1. The van der Waals surface area contributed by atoms with Crippen LogP contribution in [-0.2, 0) is 13.0 Å². The highest BCUT2D eigenvalue weighted by Gasteiger charge is 2.32. The van der Waals surface area contributed by atoms with E-state index in [1.807, 2.05) is 81.1 Å². The Hall–Kier alpha value is -3.74. The molecule has 1 aliphatic heterocycles. The Balaban J connectivity index is 1.45. The van der Waals surface area contributed by atoms with Gasteiger partial charge in [-0.15, -0.1) is 0 Å². The van der Waals surface area contributed by atoms with E-state index < -0.39 is 0 Å². The Labute approximate surface area is 256 Å². The first-order chi connectivity index (χ1) is 20.3. The number of H-pyrrole nitrogens is 1. The molecule has 1 amide bonds. The van der Waals surface area contributed by atoms with Crippen LogP contribution in [0.4, 0.5) is 5.69 Å². The highest BCUT2D eigenvalue weighted by atomic mass is 35.5. The summed E-state index contributed by atoms with van der Waals surface area (Å²) in [4.78, 5) is 16.3. The molecule has 0 atom stereocenters. The average molecular weight is 602 g/mol. The molecule has 216 valence electrons. The summed E-state index contributed by atoms with van der Waals surface area (Å²) in [5.74, 6) is 0.818. The van der Waals surface area contributed by atoms with Crippen LogP contribution in [0, 0.1) is 27.7 Å². The van der Waals surface area contributed by atoms with Crippen molar-refractivity contribution in [3.63, 3.8) is 0 Å². The lowest BCUT2D eigenvalue weighted by Gasteiger charge is -2.21. The first-order valence-electron chi connectivity index (χ1n) is 14.4. The third-order valence-corrected chi connectivity index (χ3v) is 9.10. The van der Waals surface area contributed by atoms with Crippen LogP contribution in [0.5, 0.6) is 5.75 Å². The monoisotopic (exact) mass is 600 g/mol. The normalized spacial score (nSPS) is 13.5. The third kappa shape index (κ3) is 4.97. The van der Waals surface area contributed by atoms with Crippen LogP contribution < -0.4 is 9.64 Å². The maximum absolute atomic E-state index is 14.4. The van der Waals surface area contributed by atoms with Gasteiger partial charge in [0.05, 0.1) is 22.8 Å². The quantitative estimate of drug-likeness (QED) is 0.190. The lowest BCUT2D eigenvalue weighted by Crippen LogP contribution is -2.31. The molecule has 0 saturated carbocycles. The van der Waals surface area contributed by atoms with Gasteiger partial charge in [-0.2, -0.15) is 5.10 Å². The summed E-state index contributed by atoms with van der Waals surface area (Å²) in [6.07, 6.45) is 2.25. The molecular weight excluding hydrogens is 567 g/mol. The fraction of sp³-hybridized carbons (Fsp3) is 0.294. The standard InChI is InChI=1S/C34H34Cl2N4O2/c1-20-18-25(19-21(2)31(20)36)42-17-8-12-26-27-13-14-28(35)30(29-22(3)37-38-23(29)4)32(27)40-16-9-15-39(34(41)33(26)40)24-10-6-5-7-11-24/h5-7,10-11,13-14,18-19H,8-9,12,15-17H2,1-4H3,(H,37,38). The van der Waals surface area contributed by atoms with Crippen LogP contribution in [0.15, 0.2) is 54.6 Å². The second kappa shape index (κ2) is 11.5. The molecule has 0 radical (unpaired) electrons. The predicted molar refractivity (Wildman–Crippen MR) is 171 cm³/mol. The van der Waals surface area contributed by atoms with Crippen LogP contribution in [-0.4, -0.2) is 33.8 Å². The van der Waals surface area contributed by atoms with Crippen LogP contribution in [0.2, 0.25) is 10.0 Å². The molecule has 1 N–H and O–H groups in total. The molecule has 8 heteroatoms. The zero-order valence-electron chi connectivity index (χ0n) is 24.4. The maximum Gasteiger partial charge on any atom is 0.275 e. The number of para-hydroxylation sites is 1. The summed E-state index contributed by atoms with van der Waals surface area (Å²) in [7, 11) is 0. The molecule has 42 heavy (non-hydrogen) atoms. The molecule has 6 nitrogen and oxygen atoms in total. The number of ether oxygens (including phenoxy) is 1. The molecule has 0 saturated heterocycles. The van der Waals surface area contributed by atoms with Crippen molar-refractivity contribution in [1.29, 1.82) is 0 Å². The number of hydrogen-bond donors (Lipinski definition) is 1. The molecule has 0 bridgehead atoms. The van der Waals surface area contributed by atoms with Gasteiger partial charge < -0.3 is 14.2 Å². The van der Waals surface area contributed by atoms with Crippen LogP contribution in [0.1, 0.15) is 51.4 Å². The van der Waals surface area contributed by atoms with Gasteiger partial charge in [0, 0.05) is 46.0 Å². The van der Waals surface area contributed by atoms with Gasteiger partial charge in [-0.3, -0.25) is 9.89 Å². The number of benzene rings is 3. The molecular formula is C34H34Cl2N4O2. The van der Waals surface area contributed by atoms with Gasteiger partial charge in [0.15, 0.2) is 0 Å². The Kier molecular flexibility index (Phi) is 7.77. The van der Waals surface area contributed by atoms with E-state index in [1.165, 1.54) is 0 Å². The number of rotatable bonds is 7. The van der Waals surface area contributed by atoms with Crippen LogP contribution in [0.3, 0.4) is 0 Å². The summed E-state index contributed by atoms with van der Waals surface area (Å²) >= 11 is 13.3. The van der Waals surface area contributed by atoms with Crippen molar-refractivity contribution in [3.8, 4) is 16.9 Å². The molecule has 3 heterocycles. The van der Waals surface area contributed by atoms with Gasteiger partial charge in [0.2, 0.25) is 0 Å². The minimum Gasteiger partial charge on any atom is -0.494 e. The number of amides is 1. The van der Waals surface area contributed by atoms with E-state index in [9.17, 15) is 4.79 Å². The SMILES string of the molecule is Cc1cc(OCCCc2c3n(c4c(-c5c(C)n[nH]c5C)c(Cl)ccc24)CCCN(c2ccccc2)C3=O)cc(C)c1Cl. The highest BCUT2D eigenvalue weighted by molar-refractivity contribution is 6.35. The van der Waals surface area contributed by atoms with Crippen molar-refractivity contribution in [2.75, 3.05) is 18.1 Å². The van der Waals surface area contributed by atoms with Gasteiger partial charge in [-0.1, -0.05) is 47.5 Å². The number of anilines is 1. The molecule has 3 aromatic carbocycles. The number of carbonyl (C=O) groups is 1. The van der Waals surface area contributed by atoms with Crippen molar-refractivity contribution in [2.45, 2.75) is 53.5 Å². The summed E-state index contributed by atoms with van der Waals surface area (Å²) in [5.41, 5.74) is 9.40. The largest absolute Gasteiger partial charge is 0.494 e. The van der Waals surface area contributed by atoms with E-state index in [-0.39, 0.29) is 5.91 Å². The van der Waals surface area contributed by atoms with Crippen molar-refractivity contribution >= 4 is 45.7 Å². The predicted octanol–water partition coefficient (Wildman–Crippen LogP) is 8.63. The van der Waals surface area contributed by atoms with E-state index in [0.717, 1.165) is 85.1 Å². The van der Waals surface area contributed by atoms with Gasteiger partial charge in [-0.05, 0) is 94.0 Å². The van der Waals surface area contributed by atoms with Crippen molar-refractivity contribution in [2.24, 2.45) is 0 Å². The molecule has 6 rings (SSSR count). The topological polar surface area (TPSA) is 63.2 Å². The van der Waals surface area contributed by atoms with E-state index >= 15 is 0 Å². The maximum atomic E-state index is 14.4. The zero-order valence-corrected chi connectivity index (χ0v) is 25.9. The Morgan fingerprint density at radius 1 is 0.952 bits per heavy atom. The average Bonchev–Trinajstić information content (AvgIpc) is 3.41. The molecule has 0 fully saturated rings. The number of fused-ring (bicyclic) bond motifs is 3. The van der Waals surface area contributed by atoms with Crippen molar-refractivity contribution < 1.29 is 9.53 Å². The van der Waals surface area contributed by atoms with Gasteiger partial charge in [-0.25, -0.2) is 0 Å². The molecule has 5 aromatic rings. The number of halogens is 2. The zero-order chi connectivity index (χ0) is 29.5. The van der Waals surface area contributed by atoms with E-state index in [0.29, 0.717) is 31.1 Å². The summed E-state index contributed by atoms with van der Waals surface area (Å²) in [5, 5.41) is 10.0. The highest BCUT2D eigenvalue weighted by Crippen LogP contribution is 2.42. The summed E-state index contributed by atoms with van der Waals surface area (Å²) < 4.78 is 8.36. The van der Waals surface area contributed by atoms with E-state index in [4.69, 9.17) is 27.9 Å². The van der Waals surface area contributed by atoms with E-state index in [1.54, 1.807) is 0 Å². The number of hydrogen-bond acceptors (Lipinski definition) is 3.